The van der Waals surface area contributed by atoms with Gasteiger partial charge in [-0.1, -0.05) is 18.2 Å². The molecule has 0 bridgehead atoms. The van der Waals surface area contributed by atoms with Crippen LogP contribution in [0.25, 0.3) is 11.1 Å². The predicted molar refractivity (Wildman–Crippen MR) is 88.3 cm³/mol. The molecule has 0 aliphatic heterocycles. The summed E-state index contributed by atoms with van der Waals surface area (Å²) in [5.41, 5.74) is 1.47. The third-order valence-electron chi connectivity index (χ3n) is 3.76. The molecule has 0 heterocycles. The molecule has 1 N–H and O–H groups in total. The van der Waals surface area contributed by atoms with Gasteiger partial charge in [0.25, 0.3) is 0 Å². The Kier molecular flexibility index (Phi) is 4.28. The van der Waals surface area contributed by atoms with Gasteiger partial charge in [0.2, 0.25) is 10.0 Å². The molecule has 1 fully saturated rings. The van der Waals surface area contributed by atoms with Crippen molar-refractivity contribution in [2.24, 2.45) is 0 Å². The summed E-state index contributed by atoms with van der Waals surface area (Å²) >= 11 is 0. The molecule has 0 spiro atoms. The van der Waals surface area contributed by atoms with Crippen molar-refractivity contribution < 1.29 is 17.9 Å². The van der Waals surface area contributed by atoms with Gasteiger partial charge in [0.05, 0.1) is 24.7 Å². The Balaban J connectivity index is 2.07. The molecule has 5 nitrogen and oxygen atoms in total. The van der Waals surface area contributed by atoms with Gasteiger partial charge in [0.1, 0.15) is 11.5 Å². The Morgan fingerprint density at radius 1 is 1.00 bits per heavy atom. The zero-order chi connectivity index (χ0) is 16.4. The first-order valence-corrected chi connectivity index (χ1v) is 8.87. The smallest absolute Gasteiger partial charge is 0.240 e. The van der Waals surface area contributed by atoms with E-state index in [1.54, 1.807) is 32.4 Å². The number of rotatable bonds is 6. The van der Waals surface area contributed by atoms with Gasteiger partial charge in [0.15, 0.2) is 0 Å². The van der Waals surface area contributed by atoms with Crippen molar-refractivity contribution >= 4 is 10.0 Å². The van der Waals surface area contributed by atoms with E-state index >= 15 is 0 Å². The van der Waals surface area contributed by atoms with Gasteiger partial charge in [-0.15, -0.1) is 0 Å². The van der Waals surface area contributed by atoms with Gasteiger partial charge in [-0.3, -0.25) is 0 Å². The fraction of sp³-hybridized carbons (Fsp3) is 0.294. The molecule has 0 radical (unpaired) electrons. The van der Waals surface area contributed by atoms with E-state index in [2.05, 4.69) is 4.72 Å². The lowest BCUT2D eigenvalue weighted by Gasteiger charge is -2.14. The Morgan fingerprint density at radius 3 is 2.17 bits per heavy atom. The van der Waals surface area contributed by atoms with E-state index in [1.165, 1.54) is 0 Å². The summed E-state index contributed by atoms with van der Waals surface area (Å²) in [6.45, 7) is 0. The van der Waals surface area contributed by atoms with Crippen LogP contribution in [0.5, 0.6) is 11.5 Å². The molecule has 0 atom stereocenters. The average molecular weight is 333 g/mol. The lowest BCUT2D eigenvalue weighted by atomic mass is 10.0. The van der Waals surface area contributed by atoms with Gasteiger partial charge >= 0.3 is 0 Å². The number of hydrogen-bond donors (Lipinski definition) is 1. The van der Waals surface area contributed by atoms with E-state index in [4.69, 9.17) is 9.47 Å². The van der Waals surface area contributed by atoms with Gasteiger partial charge in [-0.2, -0.15) is 0 Å². The third-order valence-corrected chi connectivity index (χ3v) is 5.28. The maximum absolute atomic E-state index is 12.4. The van der Waals surface area contributed by atoms with Gasteiger partial charge in [0, 0.05) is 6.04 Å². The minimum atomic E-state index is -3.50. The summed E-state index contributed by atoms with van der Waals surface area (Å²) in [6, 6.07) is 12.4. The zero-order valence-corrected chi connectivity index (χ0v) is 13.9. The van der Waals surface area contributed by atoms with Crippen LogP contribution < -0.4 is 14.2 Å². The molecule has 3 rings (SSSR count). The number of sulfonamides is 1. The molecule has 122 valence electrons. The van der Waals surface area contributed by atoms with Crippen molar-refractivity contribution in [2.45, 2.75) is 23.8 Å². The summed E-state index contributed by atoms with van der Waals surface area (Å²) in [5, 5.41) is 0. The maximum atomic E-state index is 12.4. The second-order valence-corrected chi connectivity index (χ2v) is 7.17. The van der Waals surface area contributed by atoms with E-state index in [1.807, 2.05) is 24.3 Å². The molecule has 1 aliphatic carbocycles. The highest BCUT2D eigenvalue weighted by Gasteiger charge is 2.28. The summed E-state index contributed by atoms with van der Waals surface area (Å²) in [5.74, 6) is 1.27. The summed E-state index contributed by atoms with van der Waals surface area (Å²) < 4.78 is 38.3. The van der Waals surface area contributed by atoms with Crippen LogP contribution >= 0.6 is 0 Å². The number of benzene rings is 2. The van der Waals surface area contributed by atoms with E-state index in [-0.39, 0.29) is 10.9 Å². The highest BCUT2D eigenvalue weighted by atomic mass is 32.2. The van der Waals surface area contributed by atoms with E-state index in [0.29, 0.717) is 11.5 Å². The van der Waals surface area contributed by atoms with Crippen LogP contribution in [0.1, 0.15) is 12.8 Å². The van der Waals surface area contributed by atoms with Gasteiger partial charge in [-0.25, -0.2) is 13.1 Å². The monoisotopic (exact) mass is 333 g/mol. The molecule has 2 aromatic rings. The Hall–Kier alpha value is -2.05. The lowest BCUT2D eigenvalue weighted by Crippen LogP contribution is -2.25. The fourth-order valence-corrected chi connectivity index (χ4v) is 3.79. The van der Waals surface area contributed by atoms with E-state index in [9.17, 15) is 8.42 Å². The summed E-state index contributed by atoms with van der Waals surface area (Å²) in [4.78, 5) is 0.245. The van der Waals surface area contributed by atoms with Crippen LogP contribution in [-0.2, 0) is 10.0 Å². The Bertz CT molecular complexity index is 791. The molecular formula is C17H19NO4S. The van der Waals surface area contributed by atoms with Crippen molar-refractivity contribution in [2.75, 3.05) is 14.2 Å². The van der Waals surface area contributed by atoms with Crippen LogP contribution in [0.4, 0.5) is 0 Å². The molecule has 23 heavy (non-hydrogen) atoms. The number of hydrogen-bond acceptors (Lipinski definition) is 4. The third kappa shape index (κ3) is 3.33. The fourth-order valence-electron chi connectivity index (χ4n) is 2.44. The van der Waals surface area contributed by atoms with Crippen LogP contribution in [-0.4, -0.2) is 28.7 Å². The topological polar surface area (TPSA) is 64.6 Å². The molecule has 0 unspecified atom stereocenters. The predicted octanol–water partition coefficient (Wildman–Crippen LogP) is 2.81. The zero-order valence-electron chi connectivity index (χ0n) is 13.1. The first-order chi connectivity index (χ1) is 11.0. The Labute approximate surface area is 136 Å². The Morgan fingerprint density at radius 2 is 1.61 bits per heavy atom. The second kappa shape index (κ2) is 6.22. The first kappa shape index (κ1) is 15.8. The average Bonchev–Trinajstić information content (AvgIpc) is 3.37. The van der Waals surface area contributed by atoms with Crippen LogP contribution in [0.15, 0.2) is 47.4 Å². The molecule has 2 aromatic carbocycles. The largest absolute Gasteiger partial charge is 0.496 e. The van der Waals surface area contributed by atoms with E-state index < -0.39 is 10.0 Å². The molecular weight excluding hydrogens is 314 g/mol. The molecule has 6 heteroatoms. The van der Waals surface area contributed by atoms with Gasteiger partial charge in [-0.05, 0) is 42.7 Å². The molecule has 0 amide bonds. The van der Waals surface area contributed by atoms with Crippen molar-refractivity contribution in [3.63, 3.8) is 0 Å². The molecule has 0 saturated heterocycles. The van der Waals surface area contributed by atoms with Crippen LogP contribution in [0.2, 0.25) is 0 Å². The summed E-state index contributed by atoms with van der Waals surface area (Å²) in [6.07, 6.45) is 1.80. The SMILES string of the molecule is COc1cccc(OC)c1-c1cccc(S(=O)(=O)NC2CC2)c1. The number of methoxy groups -OCH3 is 2. The quantitative estimate of drug-likeness (QED) is 0.883. The van der Waals surface area contributed by atoms with Crippen molar-refractivity contribution in [3.05, 3.63) is 42.5 Å². The highest BCUT2D eigenvalue weighted by Crippen LogP contribution is 2.38. The summed E-state index contributed by atoms with van der Waals surface area (Å²) in [7, 11) is -0.345. The highest BCUT2D eigenvalue weighted by molar-refractivity contribution is 7.89. The molecule has 1 saturated carbocycles. The van der Waals surface area contributed by atoms with Crippen molar-refractivity contribution in [1.29, 1.82) is 0 Å². The van der Waals surface area contributed by atoms with Crippen LogP contribution in [0.3, 0.4) is 0 Å². The van der Waals surface area contributed by atoms with Crippen molar-refractivity contribution in [1.82, 2.24) is 4.72 Å². The van der Waals surface area contributed by atoms with Crippen molar-refractivity contribution in [3.8, 4) is 22.6 Å². The minimum absolute atomic E-state index is 0.0736. The van der Waals surface area contributed by atoms with Crippen LogP contribution in [0, 0.1) is 0 Å². The first-order valence-electron chi connectivity index (χ1n) is 7.39. The minimum Gasteiger partial charge on any atom is -0.496 e. The molecule has 1 aliphatic rings. The molecule has 0 aromatic heterocycles. The lowest BCUT2D eigenvalue weighted by molar-refractivity contribution is 0.397. The normalized spacial score (nSPS) is 14.5. The standard InChI is InChI=1S/C17H19NO4S/c1-21-15-7-4-8-16(22-2)17(15)12-5-3-6-14(11-12)23(19,20)18-13-9-10-13/h3-8,11,13,18H,9-10H2,1-2H3. The van der Waals surface area contributed by atoms with Gasteiger partial charge < -0.3 is 9.47 Å². The number of nitrogens with one attached hydrogen (secondary N) is 1. The van der Waals surface area contributed by atoms with E-state index in [0.717, 1.165) is 24.0 Å². The number of ether oxygens (including phenoxy) is 2. The second-order valence-electron chi connectivity index (χ2n) is 5.46. The maximum Gasteiger partial charge on any atom is 0.240 e.